The Labute approximate surface area is 144 Å². The highest BCUT2D eigenvalue weighted by molar-refractivity contribution is 6.33. The number of carbonyl (C=O) groups is 1. The Bertz CT molecular complexity index is 710. The molecule has 4 rings (SSSR count). The predicted octanol–water partition coefficient (Wildman–Crippen LogP) is 2.94. The van der Waals surface area contributed by atoms with Crippen LogP contribution in [-0.4, -0.2) is 45.0 Å². The largest absolute Gasteiger partial charge is 0.762 e. The summed E-state index contributed by atoms with van der Waals surface area (Å²) < 4.78 is 40.7. The first-order chi connectivity index (χ1) is 11.9. The average Bonchev–Trinajstić information content (AvgIpc) is 2.79. The van der Waals surface area contributed by atoms with Crippen LogP contribution in [0.25, 0.3) is 0 Å². The van der Waals surface area contributed by atoms with Crippen molar-refractivity contribution >= 4 is 13.3 Å². The van der Waals surface area contributed by atoms with Crippen LogP contribution in [0.3, 0.4) is 0 Å². The van der Waals surface area contributed by atoms with Crippen LogP contribution in [0.5, 0.6) is 11.5 Å². The highest BCUT2D eigenvalue weighted by Crippen LogP contribution is 2.55. The average molecular weight is 353 g/mol. The Morgan fingerprint density at radius 1 is 1.36 bits per heavy atom. The van der Waals surface area contributed by atoms with Crippen molar-refractivity contribution in [2.75, 3.05) is 20.7 Å². The van der Waals surface area contributed by atoms with Crippen molar-refractivity contribution < 1.29 is 27.2 Å². The quantitative estimate of drug-likeness (QED) is 0.728. The summed E-state index contributed by atoms with van der Waals surface area (Å²) in [6.45, 7) is 1.90. The molecule has 134 valence electrons. The number of methoxy groups -OCH3 is 1. The Hall–Kier alpha value is -1.96. The third kappa shape index (κ3) is 3.15. The van der Waals surface area contributed by atoms with Gasteiger partial charge in [-0.1, -0.05) is 12.1 Å². The number of benzene rings is 1. The smallest absolute Gasteiger partial charge is 0.493 e. The molecule has 3 aliphatic rings. The lowest BCUT2D eigenvalue weighted by Crippen LogP contribution is -2.41. The van der Waals surface area contributed by atoms with E-state index in [0.29, 0.717) is 6.42 Å². The molecule has 0 unspecified atom stereocenters. The number of ketones is 1. The molecular formula is C17H19BF3NO3. The van der Waals surface area contributed by atoms with Gasteiger partial charge < -0.3 is 14.4 Å². The van der Waals surface area contributed by atoms with Gasteiger partial charge in [0.2, 0.25) is 0 Å². The van der Waals surface area contributed by atoms with Gasteiger partial charge in [-0.15, -0.1) is 0 Å². The Balaban J connectivity index is 0.000000415. The topological polar surface area (TPSA) is 38.8 Å². The minimum atomic E-state index is -3.67. The summed E-state index contributed by atoms with van der Waals surface area (Å²) in [5.74, 6) is 1.76. The molecule has 4 nitrogen and oxygen atoms in total. The van der Waals surface area contributed by atoms with Crippen molar-refractivity contribution in [3.8, 4) is 11.5 Å². The predicted molar refractivity (Wildman–Crippen MR) is 87.9 cm³/mol. The number of hydrogen-bond donors (Lipinski definition) is 0. The van der Waals surface area contributed by atoms with E-state index in [1.807, 2.05) is 6.07 Å². The SMILES string of the molecule is COc1ccc2c3c1O[C@H]1CC(=O)C=C[C@@]31CCN(C)C2.FB(F)F. The molecule has 2 heterocycles. The zero-order valence-electron chi connectivity index (χ0n) is 14.1. The van der Waals surface area contributed by atoms with Crippen molar-refractivity contribution in [3.05, 3.63) is 35.4 Å². The van der Waals surface area contributed by atoms with Crippen molar-refractivity contribution in [3.63, 3.8) is 0 Å². The summed E-state index contributed by atoms with van der Waals surface area (Å²) in [6, 6.07) is 4.11. The number of halogens is 3. The molecule has 0 saturated carbocycles. The van der Waals surface area contributed by atoms with Crippen LogP contribution >= 0.6 is 0 Å². The summed E-state index contributed by atoms with van der Waals surface area (Å²) in [7, 11) is 0.141. The molecule has 0 saturated heterocycles. The van der Waals surface area contributed by atoms with Crippen molar-refractivity contribution in [1.29, 1.82) is 0 Å². The van der Waals surface area contributed by atoms with Crippen molar-refractivity contribution in [2.24, 2.45) is 0 Å². The molecule has 1 spiro atoms. The zero-order valence-corrected chi connectivity index (χ0v) is 14.1. The third-order valence-corrected chi connectivity index (χ3v) is 5.03. The molecule has 2 aliphatic heterocycles. The number of nitrogens with zero attached hydrogens (tertiary/aromatic N) is 1. The minimum Gasteiger partial charge on any atom is -0.493 e. The fraction of sp³-hybridized carbons (Fsp3) is 0.471. The Morgan fingerprint density at radius 2 is 2.08 bits per heavy atom. The summed E-state index contributed by atoms with van der Waals surface area (Å²) in [5.41, 5.74) is 2.35. The molecule has 0 aromatic heterocycles. The highest BCUT2D eigenvalue weighted by Gasteiger charge is 2.52. The number of carbonyl (C=O) groups excluding carboxylic acids is 1. The number of hydrogen-bond acceptors (Lipinski definition) is 4. The van der Waals surface area contributed by atoms with E-state index in [0.717, 1.165) is 31.0 Å². The van der Waals surface area contributed by atoms with E-state index in [9.17, 15) is 17.7 Å². The van der Waals surface area contributed by atoms with Gasteiger partial charge in [0, 0.05) is 18.5 Å². The maximum Gasteiger partial charge on any atom is 0.762 e. The fourth-order valence-corrected chi connectivity index (χ4v) is 3.95. The van der Waals surface area contributed by atoms with Gasteiger partial charge in [0.25, 0.3) is 0 Å². The second kappa shape index (κ2) is 6.75. The molecule has 1 aromatic carbocycles. The van der Waals surface area contributed by atoms with E-state index in [1.165, 1.54) is 11.1 Å². The Kier molecular flexibility index (Phi) is 4.82. The van der Waals surface area contributed by atoms with Gasteiger partial charge in [-0.05, 0) is 37.7 Å². The van der Waals surface area contributed by atoms with Gasteiger partial charge in [0.1, 0.15) is 6.10 Å². The third-order valence-electron chi connectivity index (χ3n) is 5.03. The standard InChI is InChI=1S/C17H19NO3.BF3/c1-18-8-7-17-6-5-12(19)9-14(17)21-16-13(20-2)4-3-11(10-18)15(16)17;2-1(3)4/h3-6,14H,7-10H2,1-2H3;/t14-,17-;/m0./s1. The lowest BCUT2D eigenvalue weighted by Gasteiger charge is -2.33. The molecule has 8 heteroatoms. The molecule has 0 N–H and O–H groups in total. The van der Waals surface area contributed by atoms with E-state index in [1.54, 1.807) is 13.2 Å². The van der Waals surface area contributed by atoms with Gasteiger partial charge in [0.05, 0.1) is 12.5 Å². The number of rotatable bonds is 1. The van der Waals surface area contributed by atoms with E-state index in [-0.39, 0.29) is 17.3 Å². The monoisotopic (exact) mass is 353 g/mol. The molecule has 2 atom stereocenters. The molecule has 1 aliphatic carbocycles. The first-order valence-corrected chi connectivity index (χ1v) is 8.07. The van der Waals surface area contributed by atoms with Crippen LogP contribution in [0, 0.1) is 0 Å². The second-order valence-electron chi connectivity index (χ2n) is 6.52. The molecule has 0 fully saturated rings. The summed E-state index contributed by atoms with van der Waals surface area (Å²) in [4.78, 5) is 14.1. The molecule has 1 aromatic rings. The van der Waals surface area contributed by atoms with Crippen LogP contribution in [0.4, 0.5) is 12.9 Å². The van der Waals surface area contributed by atoms with Crippen LogP contribution in [-0.2, 0) is 16.8 Å². The minimum absolute atomic E-state index is 0.0912. The molecule has 0 radical (unpaired) electrons. The van der Waals surface area contributed by atoms with Crippen LogP contribution in [0.15, 0.2) is 24.3 Å². The van der Waals surface area contributed by atoms with Gasteiger partial charge >= 0.3 is 7.54 Å². The van der Waals surface area contributed by atoms with Crippen LogP contribution in [0.2, 0.25) is 0 Å². The highest BCUT2D eigenvalue weighted by atomic mass is 19.4. The van der Waals surface area contributed by atoms with Crippen LogP contribution in [0.1, 0.15) is 24.0 Å². The van der Waals surface area contributed by atoms with Gasteiger partial charge in [-0.3, -0.25) is 17.7 Å². The first-order valence-electron chi connectivity index (χ1n) is 8.07. The lowest BCUT2D eigenvalue weighted by atomic mass is 9.69. The summed E-state index contributed by atoms with van der Waals surface area (Å²) in [6.07, 6.45) is 5.16. The summed E-state index contributed by atoms with van der Waals surface area (Å²) >= 11 is 0. The van der Waals surface area contributed by atoms with Gasteiger partial charge in [-0.2, -0.15) is 0 Å². The maximum absolute atomic E-state index is 11.8. The van der Waals surface area contributed by atoms with E-state index >= 15 is 0 Å². The molecular weight excluding hydrogens is 334 g/mol. The van der Waals surface area contributed by atoms with E-state index in [4.69, 9.17) is 9.47 Å². The Morgan fingerprint density at radius 3 is 2.76 bits per heavy atom. The normalized spacial score (nSPS) is 26.6. The number of allylic oxidation sites excluding steroid dienone is 1. The zero-order chi connectivity index (χ0) is 18.2. The second-order valence-corrected chi connectivity index (χ2v) is 6.52. The van der Waals surface area contributed by atoms with Gasteiger partial charge in [0.15, 0.2) is 17.3 Å². The van der Waals surface area contributed by atoms with E-state index < -0.39 is 7.54 Å². The number of ether oxygens (including phenoxy) is 2. The molecule has 0 bridgehead atoms. The lowest BCUT2D eigenvalue weighted by molar-refractivity contribution is -0.117. The van der Waals surface area contributed by atoms with Crippen molar-refractivity contribution in [2.45, 2.75) is 30.9 Å². The van der Waals surface area contributed by atoms with Crippen LogP contribution < -0.4 is 9.47 Å². The summed E-state index contributed by atoms with van der Waals surface area (Å²) in [5, 5.41) is 0. The van der Waals surface area contributed by atoms with Crippen molar-refractivity contribution in [1.82, 2.24) is 4.90 Å². The molecule has 0 amide bonds. The molecule has 25 heavy (non-hydrogen) atoms. The first kappa shape index (κ1) is 17.9. The van der Waals surface area contributed by atoms with Gasteiger partial charge in [-0.25, -0.2) is 0 Å². The van der Waals surface area contributed by atoms with E-state index in [2.05, 4.69) is 24.1 Å². The maximum atomic E-state index is 11.8. The fourth-order valence-electron chi connectivity index (χ4n) is 3.95.